The third-order valence-corrected chi connectivity index (χ3v) is 5.49. The second-order valence-corrected chi connectivity index (χ2v) is 7.70. The topological polar surface area (TPSA) is 69.0 Å². The molecule has 0 spiro atoms. The predicted molar refractivity (Wildman–Crippen MR) is 107 cm³/mol. The van der Waals surface area contributed by atoms with Gasteiger partial charge in [-0.15, -0.1) is 0 Å². The van der Waals surface area contributed by atoms with E-state index in [2.05, 4.69) is 38.0 Å². The summed E-state index contributed by atoms with van der Waals surface area (Å²) in [5.41, 5.74) is 2.01. The summed E-state index contributed by atoms with van der Waals surface area (Å²) >= 11 is 8.47. The minimum atomic E-state index is -0.253. The van der Waals surface area contributed by atoms with Crippen LogP contribution in [0.3, 0.4) is 0 Å². The number of rotatable bonds is 2. The maximum atomic E-state index is 13.1. The number of carbonyl (C=O) groups is 1. The van der Waals surface area contributed by atoms with Gasteiger partial charge in [0.25, 0.3) is 11.5 Å². The number of aromatic nitrogens is 2. The highest BCUT2D eigenvalue weighted by Crippen LogP contribution is 2.33. The quantitative estimate of drug-likeness (QED) is 0.595. The smallest absolute Gasteiger partial charge is 0.259 e. The first kappa shape index (κ1) is 17.2. The molecule has 1 aliphatic rings. The highest BCUT2D eigenvalue weighted by atomic mass is 79.9. The van der Waals surface area contributed by atoms with Gasteiger partial charge < -0.3 is 9.88 Å². The van der Waals surface area contributed by atoms with E-state index in [-0.39, 0.29) is 22.3 Å². The second kappa shape index (κ2) is 6.81. The van der Waals surface area contributed by atoms with Gasteiger partial charge in [-0.1, -0.05) is 28.1 Å². The average Bonchev–Trinajstić information content (AvgIpc) is 3.10. The Hall–Kier alpha value is -2.25. The zero-order valence-electron chi connectivity index (χ0n) is 13.8. The van der Waals surface area contributed by atoms with Crippen LogP contribution in [0.5, 0.6) is 0 Å². The number of aromatic amines is 2. The monoisotopic (exact) mass is 429 g/mol. The van der Waals surface area contributed by atoms with Crippen LogP contribution in [-0.4, -0.2) is 27.3 Å². The molecule has 132 valence electrons. The Kier molecular flexibility index (Phi) is 4.50. The van der Waals surface area contributed by atoms with Crippen LogP contribution < -0.4 is 5.56 Å². The molecular formula is C19H16BrN3O2S. The molecule has 1 fully saturated rings. The van der Waals surface area contributed by atoms with Gasteiger partial charge in [-0.05, 0) is 61.0 Å². The molecule has 1 amide bonds. The van der Waals surface area contributed by atoms with Gasteiger partial charge in [0.05, 0.1) is 16.9 Å². The van der Waals surface area contributed by atoms with Crippen molar-refractivity contribution < 1.29 is 4.79 Å². The summed E-state index contributed by atoms with van der Waals surface area (Å²) in [4.78, 5) is 32.5. The van der Waals surface area contributed by atoms with Crippen LogP contribution in [0, 0.1) is 4.77 Å². The van der Waals surface area contributed by atoms with Crippen molar-refractivity contribution in [3.63, 3.8) is 0 Å². The van der Waals surface area contributed by atoms with Crippen molar-refractivity contribution in [2.75, 3.05) is 6.54 Å². The molecule has 26 heavy (non-hydrogen) atoms. The summed E-state index contributed by atoms with van der Waals surface area (Å²) in [7, 11) is 0. The highest BCUT2D eigenvalue weighted by molar-refractivity contribution is 9.10. The van der Waals surface area contributed by atoms with E-state index in [4.69, 9.17) is 12.2 Å². The zero-order chi connectivity index (χ0) is 18.3. The van der Waals surface area contributed by atoms with E-state index in [0.29, 0.717) is 16.5 Å². The van der Waals surface area contributed by atoms with Crippen molar-refractivity contribution >= 4 is 45.0 Å². The molecule has 1 aliphatic heterocycles. The fraction of sp³-hybridized carbons (Fsp3) is 0.211. The van der Waals surface area contributed by atoms with Crippen molar-refractivity contribution in [2.45, 2.75) is 18.9 Å². The average molecular weight is 430 g/mol. The molecule has 7 heteroatoms. The van der Waals surface area contributed by atoms with Gasteiger partial charge in [-0.25, -0.2) is 0 Å². The van der Waals surface area contributed by atoms with E-state index in [1.54, 1.807) is 18.2 Å². The lowest BCUT2D eigenvalue weighted by atomic mass is 10.0. The number of amides is 1. The first-order valence-electron chi connectivity index (χ1n) is 8.36. The number of likely N-dealkylation sites (tertiary alicyclic amines) is 1. The molecule has 5 nitrogen and oxygen atoms in total. The fourth-order valence-electron chi connectivity index (χ4n) is 3.51. The Morgan fingerprint density at radius 1 is 1.15 bits per heavy atom. The van der Waals surface area contributed by atoms with E-state index >= 15 is 0 Å². The molecule has 1 saturated heterocycles. The van der Waals surface area contributed by atoms with E-state index in [9.17, 15) is 9.59 Å². The van der Waals surface area contributed by atoms with Crippen molar-refractivity contribution in [1.29, 1.82) is 0 Å². The molecule has 0 unspecified atom stereocenters. The van der Waals surface area contributed by atoms with Crippen molar-refractivity contribution in [3.8, 4) is 0 Å². The number of nitrogens with zero attached hydrogens (tertiary/aromatic N) is 1. The Balaban J connectivity index is 1.70. The van der Waals surface area contributed by atoms with E-state index < -0.39 is 0 Å². The third kappa shape index (κ3) is 3.12. The van der Waals surface area contributed by atoms with Crippen molar-refractivity contribution in [3.05, 3.63) is 73.2 Å². The maximum Gasteiger partial charge on any atom is 0.259 e. The van der Waals surface area contributed by atoms with Crippen LogP contribution in [0.15, 0.2) is 51.7 Å². The summed E-state index contributed by atoms with van der Waals surface area (Å²) in [5, 5.41) is 0.487. The standard InChI is InChI=1S/C19H16BrN3O2S/c20-13-6-3-11(4-7-13)16-2-1-9-23(16)18(25)12-5-8-14-15(10-12)21-19(26)22-17(14)24/h3-8,10,16H,1-2,9H2,(H2,21,22,24,26)/t16-/m0/s1. The SMILES string of the molecule is O=C(c1ccc2c(=O)[nH]c(=S)[nH]c2c1)N1CCC[C@H]1c1ccc(Br)cc1. The first-order chi connectivity index (χ1) is 12.5. The molecule has 2 heterocycles. The number of halogens is 1. The van der Waals surface area contributed by atoms with Crippen LogP contribution in [-0.2, 0) is 0 Å². The number of carbonyl (C=O) groups excluding carboxylic acids is 1. The molecule has 0 radical (unpaired) electrons. The molecule has 3 aromatic rings. The molecule has 1 aromatic heterocycles. The van der Waals surface area contributed by atoms with Crippen molar-refractivity contribution in [1.82, 2.24) is 14.9 Å². The summed E-state index contributed by atoms with van der Waals surface area (Å²) in [6.45, 7) is 0.725. The Morgan fingerprint density at radius 3 is 2.69 bits per heavy atom. The summed E-state index contributed by atoms with van der Waals surface area (Å²) in [6, 6.07) is 13.3. The largest absolute Gasteiger partial charge is 0.332 e. The van der Waals surface area contributed by atoms with Gasteiger partial charge in [0.15, 0.2) is 4.77 Å². The number of hydrogen-bond acceptors (Lipinski definition) is 3. The van der Waals surface area contributed by atoms with E-state index in [0.717, 1.165) is 29.4 Å². The molecule has 0 bridgehead atoms. The Labute approximate surface area is 163 Å². The van der Waals surface area contributed by atoms with Crippen LogP contribution in [0.4, 0.5) is 0 Å². The number of benzene rings is 2. The number of fused-ring (bicyclic) bond motifs is 1. The lowest BCUT2D eigenvalue weighted by molar-refractivity contribution is 0.0736. The van der Waals surface area contributed by atoms with Crippen LogP contribution in [0.2, 0.25) is 0 Å². The summed E-state index contributed by atoms with van der Waals surface area (Å²) in [6.07, 6.45) is 1.92. The van der Waals surface area contributed by atoms with E-state index in [1.165, 1.54) is 0 Å². The van der Waals surface area contributed by atoms with Gasteiger partial charge in [0.1, 0.15) is 0 Å². The molecule has 2 aromatic carbocycles. The van der Waals surface area contributed by atoms with Gasteiger partial charge in [-0.3, -0.25) is 14.6 Å². The Morgan fingerprint density at radius 2 is 1.92 bits per heavy atom. The number of nitrogens with one attached hydrogen (secondary N) is 2. The fourth-order valence-corrected chi connectivity index (χ4v) is 3.98. The highest BCUT2D eigenvalue weighted by Gasteiger charge is 2.30. The lowest BCUT2D eigenvalue weighted by Gasteiger charge is -2.25. The summed E-state index contributed by atoms with van der Waals surface area (Å²) in [5.74, 6) is -0.0306. The molecular weight excluding hydrogens is 414 g/mol. The number of H-pyrrole nitrogens is 2. The molecule has 0 aliphatic carbocycles. The van der Waals surface area contributed by atoms with Gasteiger partial charge in [0, 0.05) is 16.6 Å². The lowest BCUT2D eigenvalue weighted by Crippen LogP contribution is -2.30. The predicted octanol–water partition coefficient (Wildman–Crippen LogP) is 4.33. The minimum Gasteiger partial charge on any atom is -0.332 e. The molecule has 1 atom stereocenters. The minimum absolute atomic E-state index is 0.0306. The zero-order valence-corrected chi connectivity index (χ0v) is 16.2. The second-order valence-electron chi connectivity index (χ2n) is 6.38. The van der Waals surface area contributed by atoms with E-state index in [1.807, 2.05) is 17.0 Å². The molecule has 0 saturated carbocycles. The van der Waals surface area contributed by atoms with Gasteiger partial charge >= 0.3 is 0 Å². The van der Waals surface area contributed by atoms with Gasteiger partial charge in [0.2, 0.25) is 0 Å². The normalized spacial score (nSPS) is 17.0. The number of hydrogen-bond donors (Lipinski definition) is 2. The van der Waals surface area contributed by atoms with Crippen LogP contribution >= 0.6 is 28.1 Å². The van der Waals surface area contributed by atoms with Crippen LogP contribution in [0.1, 0.15) is 34.8 Å². The molecule has 4 rings (SSSR count). The third-order valence-electron chi connectivity index (χ3n) is 4.75. The Bertz CT molecular complexity index is 1100. The van der Waals surface area contributed by atoms with Gasteiger partial charge in [-0.2, -0.15) is 0 Å². The first-order valence-corrected chi connectivity index (χ1v) is 9.56. The summed E-state index contributed by atoms with van der Waals surface area (Å²) < 4.78 is 1.27. The van der Waals surface area contributed by atoms with Crippen molar-refractivity contribution in [2.24, 2.45) is 0 Å². The van der Waals surface area contributed by atoms with Crippen LogP contribution in [0.25, 0.3) is 10.9 Å². The maximum absolute atomic E-state index is 13.1. The molecule has 2 N–H and O–H groups in total.